The van der Waals surface area contributed by atoms with Gasteiger partial charge in [-0.1, -0.05) is 32.4 Å². The van der Waals surface area contributed by atoms with Crippen LogP contribution < -0.4 is 0 Å². The molecule has 0 aromatic rings. The monoisotopic (exact) mass is 180 g/mol. The number of carbonyl (C=O) groups excluding carboxylic acids is 1. The molecule has 1 fully saturated rings. The van der Waals surface area contributed by atoms with Crippen molar-refractivity contribution >= 4 is 6.29 Å². The van der Waals surface area contributed by atoms with Gasteiger partial charge in [0.1, 0.15) is 6.29 Å². The van der Waals surface area contributed by atoms with Crippen LogP contribution in [-0.4, -0.2) is 6.29 Å². The van der Waals surface area contributed by atoms with E-state index in [0.717, 1.165) is 18.1 Å². The molecule has 74 valence electrons. The fraction of sp³-hybridized carbons (Fsp3) is 0.750. The third-order valence-electron chi connectivity index (χ3n) is 3.02. The second kappa shape index (κ2) is 4.59. The number of hydrogen-bond donors (Lipinski definition) is 0. The highest BCUT2D eigenvalue weighted by molar-refractivity contribution is 5.56. The van der Waals surface area contributed by atoms with E-state index in [2.05, 4.69) is 19.9 Å². The third-order valence-corrected chi connectivity index (χ3v) is 3.02. The molecule has 1 nitrogen and oxygen atoms in total. The third kappa shape index (κ3) is 2.98. The first-order valence-corrected chi connectivity index (χ1v) is 5.28. The zero-order valence-electron chi connectivity index (χ0n) is 8.92. The van der Waals surface area contributed by atoms with Crippen LogP contribution in [0.4, 0.5) is 0 Å². The Labute approximate surface area is 81.2 Å². The number of hydrogen-bond acceptors (Lipinski definition) is 1. The Morgan fingerprint density at radius 1 is 1.38 bits per heavy atom. The van der Waals surface area contributed by atoms with Crippen LogP contribution in [-0.2, 0) is 4.79 Å². The van der Waals surface area contributed by atoms with Gasteiger partial charge in [-0.3, -0.25) is 0 Å². The molecule has 0 spiro atoms. The van der Waals surface area contributed by atoms with Crippen molar-refractivity contribution in [2.75, 3.05) is 0 Å². The standard InChI is InChI=1S/C12H20O/c1-9(2)12-5-4-11(7-12)6-10(3)8-13/h6,8-10,12H,4-5,7H2,1-3H3/b11-6+. The van der Waals surface area contributed by atoms with Crippen molar-refractivity contribution in [2.24, 2.45) is 17.8 Å². The zero-order valence-corrected chi connectivity index (χ0v) is 8.92. The van der Waals surface area contributed by atoms with Gasteiger partial charge < -0.3 is 4.79 Å². The Kier molecular flexibility index (Phi) is 3.71. The Morgan fingerprint density at radius 2 is 2.08 bits per heavy atom. The molecule has 1 saturated carbocycles. The minimum absolute atomic E-state index is 0.112. The van der Waals surface area contributed by atoms with Crippen molar-refractivity contribution in [3.8, 4) is 0 Å². The van der Waals surface area contributed by atoms with Gasteiger partial charge in [-0.15, -0.1) is 0 Å². The first-order valence-electron chi connectivity index (χ1n) is 5.28. The van der Waals surface area contributed by atoms with Gasteiger partial charge in [0.25, 0.3) is 0 Å². The van der Waals surface area contributed by atoms with Crippen molar-refractivity contribution in [1.82, 2.24) is 0 Å². The second-order valence-electron chi connectivity index (χ2n) is 4.57. The normalized spacial score (nSPS) is 28.3. The van der Waals surface area contributed by atoms with E-state index in [1.165, 1.54) is 24.8 Å². The van der Waals surface area contributed by atoms with E-state index < -0.39 is 0 Å². The van der Waals surface area contributed by atoms with E-state index in [-0.39, 0.29) is 5.92 Å². The van der Waals surface area contributed by atoms with E-state index in [1.807, 2.05) is 6.92 Å². The summed E-state index contributed by atoms with van der Waals surface area (Å²) in [5.41, 5.74) is 1.50. The summed E-state index contributed by atoms with van der Waals surface area (Å²) < 4.78 is 0. The summed E-state index contributed by atoms with van der Waals surface area (Å²) in [6.07, 6.45) is 6.91. The lowest BCUT2D eigenvalue weighted by atomic mass is 9.94. The summed E-state index contributed by atoms with van der Waals surface area (Å²) in [5, 5.41) is 0. The number of allylic oxidation sites excluding steroid dienone is 2. The Balaban J connectivity index is 2.49. The lowest BCUT2D eigenvalue weighted by Crippen LogP contribution is -2.02. The molecule has 0 aliphatic heterocycles. The molecule has 0 aromatic heterocycles. The van der Waals surface area contributed by atoms with Crippen LogP contribution in [0.2, 0.25) is 0 Å². The second-order valence-corrected chi connectivity index (χ2v) is 4.57. The minimum Gasteiger partial charge on any atom is -0.303 e. The van der Waals surface area contributed by atoms with E-state index >= 15 is 0 Å². The van der Waals surface area contributed by atoms with Crippen molar-refractivity contribution in [3.05, 3.63) is 11.6 Å². The minimum atomic E-state index is 0.112. The zero-order chi connectivity index (χ0) is 9.84. The van der Waals surface area contributed by atoms with E-state index in [0.29, 0.717) is 0 Å². The summed E-state index contributed by atoms with van der Waals surface area (Å²) in [6.45, 7) is 6.54. The van der Waals surface area contributed by atoms with Gasteiger partial charge in [0.15, 0.2) is 0 Å². The van der Waals surface area contributed by atoms with Crippen LogP contribution >= 0.6 is 0 Å². The van der Waals surface area contributed by atoms with E-state index in [9.17, 15) is 4.79 Å². The molecule has 0 heterocycles. The molecule has 2 atom stereocenters. The molecular formula is C12H20O. The Hall–Kier alpha value is -0.590. The molecule has 0 radical (unpaired) electrons. The maximum Gasteiger partial charge on any atom is 0.126 e. The molecule has 0 aromatic carbocycles. The SMILES string of the molecule is CC(C=O)/C=C1\CCC(C(C)C)C1. The molecule has 1 rings (SSSR count). The first-order chi connectivity index (χ1) is 6.13. The summed E-state index contributed by atoms with van der Waals surface area (Å²) in [6, 6.07) is 0. The van der Waals surface area contributed by atoms with Crippen LogP contribution in [0, 0.1) is 17.8 Å². The number of aldehydes is 1. The predicted octanol–water partition coefficient (Wildman–Crippen LogP) is 3.20. The lowest BCUT2D eigenvalue weighted by molar-refractivity contribution is -0.109. The van der Waals surface area contributed by atoms with Gasteiger partial charge >= 0.3 is 0 Å². The fourth-order valence-electron chi connectivity index (χ4n) is 2.04. The summed E-state index contributed by atoms with van der Waals surface area (Å²) in [5.74, 6) is 1.75. The van der Waals surface area contributed by atoms with Crippen LogP contribution in [0.1, 0.15) is 40.0 Å². The lowest BCUT2D eigenvalue weighted by Gasteiger charge is -2.11. The van der Waals surface area contributed by atoms with Gasteiger partial charge in [0.05, 0.1) is 0 Å². The van der Waals surface area contributed by atoms with Crippen LogP contribution in [0.25, 0.3) is 0 Å². The highest BCUT2D eigenvalue weighted by Crippen LogP contribution is 2.35. The molecule has 0 N–H and O–H groups in total. The maximum atomic E-state index is 10.5. The molecule has 1 aliphatic carbocycles. The Bertz CT molecular complexity index is 203. The number of rotatable bonds is 3. The van der Waals surface area contributed by atoms with Crippen molar-refractivity contribution in [3.63, 3.8) is 0 Å². The molecule has 0 saturated heterocycles. The molecule has 13 heavy (non-hydrogen) atoms. The highest BCUT2D eigenvalue weighted by atomic mass is 16.1. The van der Waals surface area contributed by atoms with Gasteiger partial charge in [0, 0.05) is 5.92 Å². The summed E-state index contributed by atoms with van der Waals surface area (Å²) in [4.78, 5) is 10.5. The number of carbonyl (C=O) groups is 1. The summed E-state index contributed by atoms with van der Waals surface area (Å²) in [7, 11) is 0. The molecule has 0 bridgehead atoms. The highest BCUT2D eigenvalue weighted by Gasteiger charge is 2.21. The topological polar surface area (TPSA) is 17.1 Å². The Morgan fingerprint density at radius 3 is 2.54 bits per heavy atom. The van der Waals surface area contributed by atoms with Gasteiger partial charge in [-0.05, 0) is 31.1 Å². The van der Waals surface area contributed by atoms with E-state index in [1.54, 1.807) is 0 Å². The van der Waals surface area contributed by atoms with Crippen molar-refractivity contribution in [2.45, 2.75) is 40.0 Å². The molecule has 2 unspecified atom stereocenters. The fourth-order valence-corrected chi connectivity index (χ4v) is 2.04. The molecule has 1 aliphatic rings. The molecule has 0 amide bonds. The first kappa shape index (κ1) is 10.5. The van der Waals surface area contributed by atoms with E-state index in [4.69, 9.17) is 0 Å². The molecular weight excluding hydrogens is 160 g/mol. The largest absolute Gasteiger partial charge is 0.303 e. The van der Waals surface area contributed by atoms with Gasteiger partial charge in [-0.25, -0.2) is 0 Å². The summed E-state index contributed by atoms with van der Waals surface area (Å²) >= 11 is 0. The van der Waals surface area contributed by atoms with Crippen LogP contribution in [0.5, 0.6) is 0 Å². The quantitative estimate of drug-likeness (QED) is 0.481. The van der Waals surface area contributed by atoms with Gasteiger partial charge in [0.2, 0.25) is 0 Å². The van der Waals surface area contributed by atoms with Crippen LogP contribution in [0.3, 0.4) is 0 Å². The van der Waals surface area contributed by atoms with Crippen LogP contribution in [0.15, 0.2) is 11.6 Å². The van der Waals surface area contributed by atoms with Crippen molar-refractivity contribution < 1.29 is 4.79 Å². The molecule has 1 heteroatoms. The van der Waals surface area contributed by atoms with Gasteiger partial charge in [-0.2, -0.15) is 0 Å². The average molecular weight is 180 g/mol. The average Bonchev–Trinajstić information content (AvgIpc) is 2.52. The smallest absolute Gasteiger partial charge is 0.126 e. The maximum absolute atomic E-state index is 10.5. The predicted molar refractivity (Wildman–Crippen MR) is 55.5 cm³/mol. The van der Waals surface area contributed by atoms with Crippen molar-refractivity contribution in [1.29, 1.82) is 0 Å².